The second kappa shape index (κ2) is 5.58. The first-order chi connectivity index (χ1) is 10.8. The molecule has 0 saturated carbocycles. The van der Waals surface area contributed by atoms with Crippen LogP contribution in [0.3, 0.4) is 0 Å². The van der Waals surface area contributed by atoms with E-state index in [1.165, 1.54) is 10.4 Å². The minimum Gasteiger partial charge on any atom is -0.481 e. The van der Waals surface area contributed by atoms with E-state index in [0.717, 1.165) is 10.9 Å². The van der Waals surface area contributed by atoms with Crippen molar-refractivity contribution in [2.24, 2.45) is 11.8 Å². The van der Waals surface area contributed by atoms with Crippen LogP contribution in [-0.2, 0) is 14.8 Å². The van der Waals surface area contributed by atoms with Crippen molar-refractivity contribution in [1.29, 1.82) is 0 Å². The molecular formula is C16H18N2O4S. The lowest BCUT2D eigenvalue weighted by Crippen LogP contribution is -2.30. The molecular weight excluding hydrogens is 316 g/mol. The van der Waals surface area contributed by atoms with Crippen molar-refractivity contribution in [2.75, 3.05) is 13.1 Å². The summed E-state index contributed by atoms with van der Waals surface area (Å²) < 4.78 is 27.1. The van der Waals surface area contributed by atoms with Crippen molar-refractivity contribution in [3.63, 3.8) is 0 Å². The van der Waals surface area contributed by atoms with Crippen molar-refractivity contribution in [3.05, 3.63) is 36.0 Å². The van der Waals surface area contributed by atoms with Crippen molar-refractivity contribution in [3.8, 4) is 0 Å². The highest BCUT2D eigenvalue weighted by molar-refractivity contribution is 7.89. The molecule has 1 N–H and O–H groups in total. The van der Waals surface area contributed by atoms with Gasteiger partial charge in [-0.15, -0.1) is 0 Å². The standard InChI is InChI=1S/C16H18N2O4S/c1-10-6-12-4-3-5-14(15(12)17-7-10)23(21,22)18-8-11(2)13(9-18)16(19)20/h3-7,11,13H,8-9H2,1-2H3,(H,19,20)/t11-,13-/m1/s1. The van der Waals surface area contributed by atoms with E-state index in [4.69, 9.17) is 0 Å². The predicted molar refractivity (Wildman–Crippen MR) is 85.5 cm³/mol. The van der Waals surface area contributed by atoms with Gasteiger partial charge in [0.1, 0.15) is 4.90 Å². The summed E-state index contributed by atoms with van der Waals surface area (Å²) in [6, 6.07) is 6.91. The number of aliphatic carboxylic acids is 1. The lowest BCUT2D eigenvalue weighted by Gasteiger charge is -2.17. The fraction of sp³-hybridized carbons (Fsp3) is 0.375. The van der Waals surface area contributed by atoms with Crippen LogP contribution in [0.2, 0.25) is 0 Å². The molecule has 3 rings (SSSR count). The van der Waals surface area contributed by atoms with E-state index < -0.39 is 21.9 Å². The largest absolute Gasteiger partial charge is 0.481 e. The van der Waals surface area contributed by atoms with Gasteiger partial charge in [0.05, 0.1) is 11.4 Å². The number of carboxylic acid groups (broad SMARTS) is 1. The topological polar surface area (TPSA) is 87.6 Å². The van der Waals surface area contributed by atoms with Crippen LogP contribution >= 0.6 is 0 Å². The molecule has 6 nitrogen and oxygen atoms in total. The molecule has 2 aromatic rings. The highest BCUT2D eigenvalue weighted by Crippen LogP contribution is 2.31. The van der Waals surface area contributed by atoms with Gasteiger partial charge < -0.3 is 5.11 Å². The van der Waals surface area contributed by atoms with E-state index in [9.17, 15) is 18.3 Å². The summed E-state index contributed by atoms with van der Waals surface area (Å²) in [5.74, 6) is -1.84. The maximum atomic E-state index is 12.9. The van der Waals surface area contributed by atoms with Gasteiger partial charge in [0.15, 0.2) is 0 Å². The van der Waals surface area contributed by atoms with E-state index in [1.54, 1.807) is 19.2 Å². The fourth-order valence-electron chi connectivity index (χ4n) is 3.03. The number of carbonyl (C=O) groups is 1. The third-order valence-electron chi connectivity index (χ3n) is 4.32. The van der Waals surface area contributed by atoms with Gasteiger partial charge >= 0.3 is 5.97 Å². The zero-order chi connectivity index (χ0) is 16.8. The van der Waals surface area contributed by atoms with Gasteiger partial charge in [0.2, 0.25) is 10.0 Å². The first-order valence-electron chi connectivity index (χ1n) is 7.39. The van der Waals surface area contributed by atoms with Crippen molar-refractivity contribution >= 4 is 26.9 Å². The summed E-state index contributed by atoms with van der Waals surface area (Å²) in [7, 11) is -3.77. The molecule has 1 fully saturated rings. The number of rotatable bonds is 3. The average Bonchev–Trinajstić information content (AvgIpc) is 2.89. The predicted octanol–water partition coefficient (Wildman–Crippen LogP) is 1.88. The number of hydrogen-bond acceptors (Lipinski definition) is 4. The zero-order valence-electron chi connectivity index (χ0n) is 12.9. The number of benzene rings is 1. The number of nitrogens with zero attached hydrogens (tertiary/aromatic N) is 2. The Labute approximate surface area is 134 Å². The molecule has 23 heavy (non-hydrogen) atoms. The monoisotopic (exact) mass is 334 g/mol. The molecule has 2 atom stereocenters. The number of aromatic nitrogens is 1. The lowest BCUT2D eigenvalue weighted by atomic mass is 9.99. The Morgan fingerprint density at radius 1 is 1.35 bits per heavy atom. The third-order valence-corrected chi connectivity index (χ3v) is 6.19. The van der Waals surface area contributed by atoms with E-state index in [0.29, 0.717) is 5.52 Å². The highest BCUT2D eigenvalue weighted by atomic mass is 32.2. The third kappa shape index (κ3) is 2.70. The minimum atomic E-state index is -3.77. The Morgan fingerprint density at radius 2 is 2.09 bits per heavy atom. The normalized spacial score (nSPS) is 22.5. The molecule has 0 spiro atoms. The highest BCUT2D eigenvalue weighted by Gasteiger charge is 2.41. The van der Waals surface area contributed by atoms with Crippen molar-refractivity contribution in [2.45, 2.75) is 18.7 Å². The quantitative estimate of drug-likeness (QED) is 0.926. The van der Waals surface area contributed by atoms with Crippen molar-refractivity contribution < 1.29 is 18.3 Å². The number of hydrogen-bond donors (Lipinski definition) is 1. The van der Waals surface area contributed by atoms with E-state index in [-0.39, 0.29) is 23.9 Å². The second-order valence-corrected chi connectivity index (χ2v) is 7.99. The first-order valence-corrected chi connectivity index (χ1v) is 8.83. The maximum absolute atomic E-state index is 12.9. The number of pyridine rings is 1. The molecule has 7 heteroatoms. The molecule has 2 heterocycles. The molecule has 0 bridgehead atoms. The van der Waals surface area contributed by atoms with Gasteiger partial charge in [0.25, 0.3) is 0 Å². The van der Waals surface area contributed by atoms with E-state index in [1.807, 2.05) is 19.1 Å². The SMILES string of the molecule is Cc1cnc2c(S(=O)(=O)N3C[C@@H](C)[C@H](C(=O)O)C3)cccc2c1. The van der Waals surface area contributed by atoms with Crippen LogP contribution in [0.5, 0.6) is 0 Å². The molecule has 0 amide bonds. The second-order valence-electron chi connectivity index (χ2n) is 6.08. The Bertz CT molecular complexity index is 879. The molecule has 1 saturated heterocycles. The smallest absolute Gasteiger partial charge is 0.308 e. The van der Waals surface area contributed by atoms with E-state index in [2.05, 4.69) is 4.98 Å². The number of fused-ring (bicyclic) bond motifs is 1. The summed E-state index contributed by atoms with van der Waals surface area (Å²) in [6.45, 7) is 3.87. The molecule has 122 valence electrons. The molecule has 1 aliphatic heterocycles. The number of carboxylic acids is 1. The van der Waals surface area contributed by atoms with Gasteiger partial charge in [-0.05, 0) is 30.5 Å². The van der Waals surface area contributed by atoms with Gasteiger partial charge in [-0.2, -0.15) is 4.31 Å². The average molecular weight is 334 g/mol. The Hall–Kier alpha value is -1.99. The van der Waals surface area contributed by atoms with Gasteiger partial charge in [-0.25, -0.2) is 8.42 Å². The Kier molecular flexibility index (Phi) is 3.85. The van der Waals surface area contributed by atoms with E-state index >= 15 is 0 Å². The molecule has 1 aromatic heterocycles. The number of sulfonamides is 1. The number of para-hydroxylation sites is 1. The molecule has 1 aromatic carbocycles. The van der Waals surface area contributed by atoms with Crippen LogP contribution in [-0.4, -0.2) is 41.9 Å². The summed E-state index contributed by atoms with van der Waals surface area (Å²) in [4.78, 5) is 15.6. The summed E-state index contributed by atoms with van der Waals surface area (Å²) in [5.41, 5.74) is 1.37. The van der Waals surface area contributed by atoms with Crippen LogP contribution in [0.15, 0.2) is 35.4 Å². The van der Waals surface area contributed by atoms with Crippen LogP contribution in [0.4, 0.5) is 0 Å². The molecule has 1 aliphatic rings. The maximum Gasteiger partial charge on any atom is 0.308 e. The molecule has 0 unspecified atom stereocenters. The Balaban J connectivity index is 2.06. The Morgan fingerprint density at radius 3 is 2.74 bits per heavy atom. The summed E-state index contributed by atoms with van der Waals surface area (Å²) >= 11 is 0. The van der Waals surface area contributed by atoms with Crippen LogP contribution in [0.1, 0.15) is 12.5 Å². The van der Waals surface area contributed by atoms with Crippen LogP contribution in [0.25, 0.3) is 10.9 Å². The van der Waals surface area contributed by atoms with Gasteiger partial charge in [-0.3, -0.25) is 9.78 Å². The zero-order valence-corrected chi connectivity index (χ0v) is 13.7. The van der Waals surface area contributed by atoms with Crippen LogP contribution in [0, 0.1) is 18.8 Å². The first kappa shape index (κ1) is 15.9. The van der Waals surface area contributed by atoms with Crippen LogP contribution < -0.4 is 0 Å². The molecule has 0 aliphatic carbocycles. The minimum absolute atomic E-state index is 0.00107. The fourth-order valence-corrected chi connectivity index (χ4v) is 4.76. The van der Waals surface area contributed by atoms with Gasteiger partial charge in [0, 0.05) is 24.7 Å². The lowest BCUT2D eigenvalue weighted by molar-refractivity contribution is -0.142. The summed E-state index contributed by atoms with van der Waals surface area (Å²) in [5, 5.41) is 9.96. The molecule has 0 radical (unpaired) electrons. The van der Waals surface area contributed by atoms with Crippen molar-refractivity contribution in [1.82, 2.24) is 9.29 Å². The number of aryl methyl sites for hydroxylation is 1. The van der Waals surface area contributed by atoms with Gasteiger partial charge in [-0.1, -0.05) is 19.1 Å². The summed E-state index contributed by atoms with van der Waals surface area (Å²) in [6.07, 6.45) is 1.63.